The summed E-state index contributed by atoms with van der Waals surface area (Å²) >= 11 is 0. The molecule has 0 spiro atoms. The molecule has 1 saturated carbocycles. The van der Waals surface area contributed by atoms with Gasteiger partial charge in [0.05, 0.1) is 6.04 Å². The molecule has 2 unspecified atom stereocenters. The number of hydrogen-bond donors (Lipinski definition) is 2. The molecule has 3 nitrogen and oxygen atoms in total. The molecule has 94 valence electrons. The second kappa shape index (κ2) is 6.24. The van der Waals surface area contributed by atoms with Gasteiger partial charge in [0.15, 0.2) is 0 Å². The van der Waals surface area contributed by atoms with Gasteiger partial charge < -0.3 is 11.1 Å². The average Bonchev–Trinajstić information content (AvgIpc) is 2.62. The predicted molar refractivity (Wildman–Crippen MR) is 67.0 cm³/mol. The van der Waals surface area contributed by atoms with Crippen molar-refractivity contribution in [2.24, 2.45) is 17.6 Å². The average molecular weight is 226 g/mol. The SMILES string of the molecule is CC(C)CCC1CCCC1NC(=O)[C@H](C)N. The molecular formula is C13H26N2O. The Morgan fingerprint density at radius 3 is 2.62 bits per heavy atom. The molecule has 3 N–H and O–H groups in total. The Morgan fingerprint density at radius 2 is 2.06 bits per heavy atom. The van der Waals surface area contributed by atoms with Crippen molar-refractivity contribution < 1.29 is 4.79 Å². The van der Waals surface area contributed by atoms with E-state index in [1.165, 1.54) is 25.7 Å². The maximum Gasteiger partial charge on any atom is 0.236 e. The lowest BCUT2D eigenvalue weighted by Crippen LogP contribution is -2.45. The summed E-state index contributed by atoms with van der Waals surface area (Å²) in [5.41, 5.74) is 5.57. The van der Waals surface area contributed by atoms with Gasteiger partial charge in [0, 0.05) is 6.04 Å². The van der Waals surface area contributed by atoms with Crippen LogP contribution in [0.3, 0.4) is 0 Å². The van der Waals surface area contributed by atoms with Gasteiger partial charge in [-0.05, 0) is 38.0 Å². The molecule has 0 aromatic carbocycles. The summed E-state index contributed by atoms with van der Waals surface area (Å²) < 4.78 is 0. The van der Waals surface area contributed by atoms with E-state index in [1.54, 1.807) is 6.92 Å². The van der Waals surface area contributed by atoms with Crippen LogP contribution < -0.4 is 11.1 Å². The van der Waals surface area contributed by atoms with Crippen molar-refractivity contribution in [1.82, 2.24) is 5.32 Å². The van der Waals surface area contributed by atoms with Crippen LogP contribution in [0.25, 0.3) is 0 Å². The minimum absolute atomic E-state index is 0.00134. The van der Waals surface area contributed by atoms with Gasteiger partial charge in [-0.1, -0.05) is 26.7 Å². The zero-order valence-electron chi connectivity index (χ0n) is 10.8. The smallest absolute Gasteiger partial charge is 0.236 e. The minimum Gasteiger partial charge on any atom is -0.352 e. The van der Waals surface area contributed by atoms with Gasteiger partial charge in [-0.2, -0.15) is 0 Å². The second-order valence-corrected chi connectivity index (χ2v) is 5.57. The lowest BCUT2D eigenvalue weighted by atomic mass is 9.93. The van der Waals surface area contributed by atoms with Crippen LogP contribution in [0.1, 0.15) is 52.9 Å². The maximum atomic E-state index is 11.5. The fourth-order valence-electron chi connectivity index (χ4n) is 2.43. The number of nitrogens with two attached hydrogens (primary N) is 1. The summed E-state index contributed by atoms with van der Waals surface area (Å²) in [6.45, 7) is 6.25. The zero-order valence-corrected chi connectivity index (χ0v) is 10.8. The first-order valence-electron chi connectivity index (χ1n) is 6.56. The van der Waals surface area contributed by atoms with E-state index in [0.717, 1.165) is 12.3 Å². The second-order valence-electron chi connectivity index (χ2n) is 5.57. The molecular weight excluding hydrogens is 200 g/mol. The van der Waals surface area contributed by atoms with Crippen molar-refractivity contribution in [2.45, 2.75) is 65.0 Å². The van der Waals surface area contributed by atoms with Gasteiger partial charge in [0.1, 0.15) is 0 Å². The van der Waals surface area contributed by atoms with E-state index in [4.69, 9.17) is 5.73 Å². The van der Waals surface area contributed by atoms with Crippen molar-refractivity contribution in [3.8, 4) is 0 Å². The van der Waals surface area contributed by atoms with Crippen molar-refractivity contribution >= 4 is 5.91 Å². The Kier molecular flexibility index (Phi) is 5.26. The highest BCUT2D eigenvalue weighted by Gasteiger charge is 2.28. The molecule has 3 heteroatoms. The topological polar surface area (TPSA) is 55.1 Å². The molecule has 1 rings (SSSR count). The van der Waals surface area contributed by atoms with Gasteiger partial charge in [0.2, 0.25) is 5.91 Å². The third-order valence-corrected chi connectivity index (χ3v) is 3.52. The van der Waals surface area contributed by atoms with Crippen LogP contribution >= 0.6 is 0 Å². The fourth-order valence-corrected chi connectivity index (χ4v) is 2.43. The van der Waals surface area contributed by atoms with Gasteiger partial charge in [0.25, 0.3) is 0 Å². The molecule has 1 aliphatic carbocycles. The Morgan fingerprint density at radius 1 is 1.38 bits per heavy atom. The fraction of sp³-hybridized carbons (Fsp3) is 0.923. The Labute approximate surface area is 99.2 Å². The number of hydrogen-bond acceptors (Lipinski definition) is 2. The van der Waals surface area contributed by atoms with E-state index in [-0.39, 0.29) is 11.9 Å². The summed E-state index contributed by atoms with van der Waals surface area (Å²) in [6.07, 6.45) is 6.13. The minimum atomic E-state index is -0.383. The van der Waals surface area contributed by atoms with E-state index >= 15 is 0 Å². The third-order valence-electron chi connectivity index (χ3n) is 3.52. The van der Waals surface area contributed by atoms with E-state index in [1.807, 2.05) is 0 Å². The molecule has 0 saturated heterocycles. The normalized spacial score (nSPS) is 27.1. The molecule has 0 aliphatic heterocycles. The Bertz CT molecular complexity index is 226. The van der Waals surface area contributed by atoms with Crippen LogP contribution in [0, 0.1) is 11.8 Å². The molecule has 0 bridgehead atoms. The number of nitrogens with one attached hydrogen (secondary N) is 1. The molecule has 1 fully saturated rings. The number of carbonyl (C=O) groups is 1. The summed E-state index contributed by atoms with van der Waals surface area (Å²) in [7, 11) is 0. The quantitative estimate of drug-likeness (QED) is 0.754. The first kappa shape index (κ1) is 13.5. The van der Waals surface area contributed by atoms with Crippen LogP contribution in [0.2, 0.25) is 0 Å². The van der Waals surface area contributed by atoms with Crippen molar-refractivity contribution in [2.75, 3.05) is 0 Å². The summed E-state index contributed by atoms with van der Waals surface area (Å²) in [5.74, 6) is 1.43. The first-order chi connectivity index (χ1) is 7.50. The number of amides is 1. The highest BCUT2D eigenvalue weighted by atomic mass is 16.2. The Balaban J connectivity index is 2.37. The van der Waals surface area contributed by atoms with E-state index < -0.39 is 0 Å². The largest absolute Gasteiger partial charge is 0.352 e. The maximum absolute atomic E-state index is 11.5. The third kappa shape index (κ3) is 4.12. The zero-order chi connectivity index (χ0) is 12.1. The van der Waals surface area contributed by atoms with E-state index in [9.17, 15) is 4.79 Å². The van der Waals surface area contributed by atoms with Gasteiger partial charge >= 0.3 is 0 Å². The van der Waals surface area contributed by atoms with Crippen LogP contribution in [0.4, 0.5) is 0 Å². The lowest BCUT2D eigenvalue weighted by molar-refractivity contribution is -0.122. The van der Waals surface area contributed by atoms with E-state index in [2.05, 4.69) is 19.2 Å². The standard InChI is InChI=1S/C13H26N2O/c1-9(2)7-8-11-5-4-6-12(11)15-13(16)10(3)14/h9-12H,4-8,14H2,1-3H3,(H,15,16)/t10-,11?,12?/m0/s1. The molecule has 0 aromatic heterocycles. The van der Waals surface area contributed by atoms with Crippen LogP contribution in [0.5, 0.6) is 0 Å². The van der Waals surface area contributed by atoms with Gasteiger partial charge in [-0.25, -0.2) is 0 Å². The van der Waals surface area contributed by atoms with E-state index in [0.29, 0.717) is 12.0 Å². The van der Waals surface area contributed by atoms with Crippen molar-refractivity contribution in [3.63, 3.8) is 0 Å². The van der Waals surface area contributed by atoms with Crippen LogP contribution in [-0.4, -0.2) is 18.0 Å². The highest BCUT2D eigenvalue weighted by molar-refractivity contribution is 5.81. The van der Waals surface area contributed by atoms with Crippen molar-refractivity contribution in [1.29, 1.82) is 0 Å². The van der Waals surface area contributed by atoms with Crippen molar-refractivity contribution in [3.05, 3.63) is 0 Å². The Hall–Kier alpha value is -0.570. The molecule has 1 aliphatic rings. The van der Waals surface area contributed by atoms with Crippen LogP contribution in [-0.2, 0) is 4.79 Å². The lowest BCUT2D eigenvalue weighted by Gasteiger charge is -2.22. The molecule has 16 heavy (non-hydrogen) atoms. The highest BCUT2D eigenvalue weighted by Crippen LogP contribution is 2.30. The summed E-state index contributed by atoms with van der Waals surface area (Å²) in [4.78, 5) is 11.5. The first-order valence-corrected chi connectivity index (χ1v) is 6.56. The van der Waals surface area contributed by atoms with Gasteiger partial charge in [-0.3, -0.25) is 4.79 Å². The van der Waals surface area contributed by atoms with Gasteiger partial charge in [-0.15, -0.1) is 0 Å². The predicted octanol–water partition coefficient (Wildman–Crippen LogP) is 2.05. The summed E-state index contributed by atoms with van der Waals surface area (Å²) in [6, 6.07) is -0.0106. The molecule has 0 aromatic rings. The van der Waals surface area contributed by atoms with Crippen LogP contribution in [0.15, 0.2) is 0 Å². The molecule has 0 radical (unpaired) electrons. The molecule has 1 amide bonds. The number of carbonyl (C=O) groups excluding carboxylic acids is 1. The molecule has 3 atom stereocenters. The summed E-state index contributed by atoms with van der Waals surface area (Å²) in [5, 5.41) is 3.09. The number of rotatable bonds is 5. The molecule has 0 heterocycles. The monoisotopic (exact) mass is 226 g/mol.